The van der Waals surface area contributed by atoms with Crippen LogP contribution >= 0.6 is 0 Å². The maximum absolute atomic E-state index is 11.3. The molecule has 0 radical (unpaired) electrons. The molecule has 1 aromatic rings. The molecule has 0 atom stereocenters. The van der Waals surface area contributed by atoms with Gasteiger partial charge in [-0.2, -0.15) is 5.10 Å². The number of primary amides is 1. The normalized spacial score (nSPS) is 15.8. The minimum absolute atomic E-state index is 0.372. The molecule has 0 unspecified atom stereocenters. The van der Waals surface area contributed by atoms with Crippen LogP contribution in [0.25, 0.3) is 0 Å². The van der Waals surface area contributed by atoms with Gasteiger partial charge in [-0.3, -0.25) is 14.3 Å². The number of rotatable bonds is 3. The molecule has 1 saturated heterocycles. The van der Waals surface area contributed by atoms with Gasteiger partial charge < -0.3 is 15.7 Å². The Bertz CT molecular complexity index is 488. The van der Waals surface area contributed by atoms with E-state index >= 15 is 0 Å². The van der Waals surface area contributed by atoms with E-state index in [0.717, 1.165) is 0 Å². The molecular formula is C10H14N4O3. The van der Waals surface area contributed by atoms with Crippen LogP contribution in [0.5, 0.6) is 0 Å². The predicted octanol–water partition coefficient (Wildman–Crippen LogP) is -0.652. The molecule has 1 aromatic heterocycles. The van der Waals surface area contributed by atoms with Gasteiger partial charge in [0.2, 0.25) is 0 Å². The van der Waals surface area contributed by atoms with Gasteiger partial charge in [0.05, 0.1) is 11.6 Å². The van der Waals surface area contributed by atoms with Crippen LogP contribution in [0, 0.1) is 12.8 Å². The minimum atomic E-state index is -0.819. The molecule has 92 valence electrons. The highest BCUT2D eigenvalue weighted by atomic mass is 16.4. The molecule has 0 aliphatic carbocycles. The lowest BCUT2D eigenvalue weighted by atomic mass is 10.00. The van der Waals surface area contributed by atoms with Crippen molar-refractivity contribution < 1.29 is 14.7 Å². The van der Waals surface area contributed by atoms with Crippen molar-refractivity contribution in [2.24, 2.45) is 18.7 Å². The van der Waals surface area contributed by atoms with Crippen LogP contribution in [0.2, 0.25) is 0 Å². The minimum Gasteiger partial charge on any atom is -0.481 e. The number of nitrogens with two attached hydrogens (primary N) is 1. The fourth-order valence-corrected chi connectivity index (χ4v) is 2.10. The summed E-state index contributed by atoms with van der Waals surface area (Å²) in [6.07, 6.45) is 0. The third-order valence-corrected chi connectivity index (χ3v) is 2.97. The van der Waals surface area contributed by atoms with Gasteiger partial charge in [-0.1, -0.05) is 0 Å². The van der Waals surface area contributed by atoms with Gasteiger partial charge in [-0.25, -0.2) is 0 Å². The van der Waals surface area contributed by atoms with Crippen LogP contribution < -0.4 is 10.6 Å². The molecule has 1 aliphatic rings. The lowest BCUT2D eigenvalue weighted by Crippen LogP contribution is -2.51. The van der Waals surface area contributed by atoms with Crippen LogP contribution in [0.1, 0.15) is 16.1 Å². The van der Waals surface area contributed by atoms with Crippen molar-refractivity contribution in [2.75, 3.05) is 18.0 Å². The number of carboxylic acids is 1. The van der Waals surface area contributed by atoms with Gasteiger partial charge in [-0.15, -0.1) is 0 Å². The smallest absolute Gasteiger partial charge is 0.310 e. The Labute approximate surface area is 97.8 Å². The summed E-state index contributed by atoms with van der Waals surface area (Å²) in [6, 6.07) is 0. The Morgan fingerprint density at radius 1 is 1.47 bits per heavy atom. The van der Waals surface area contributed by atoms with Crippen molar-refractivity contribution in [1.82, 2.24) is 9.78 Å². The SMILES string of the molecule is Cc1nn(C)c(N2CC(C(=O)O)C2)c1C(N)=O. The summed E-state index contributed by atoms with van der Waals surface area (Å²) >= 11 is 0. The van der Waals surface area contributed by atoms with Crippen molar-refractivity contribution in [2.45, 2.75) is 6.92 Å². The van der Waals surface area contributed by atoms with E-state index in [0.29, 0.717) is 30.2 Å². The van der Waals surface area contributed by atoms with Crippen LogP contribution in [0.4, 0.5) is 5.82 Å². The number of amides is 1. The number of anilines is 1. The largest absolute Gasteiger partial charge is 0.481 e. The highest BCUT2D eigenvalue weighted by Crippen LogP contribution is 2.29. The molecule has 1 aliphatic heterocycles. The van der Waals surface area contributed by atoms with Gasteiger partial charge in [0, 0.05) is 20.1 Å². The quantitative estimate of drug-likeness (QED) is 0.728. The Morgan fingerprint density at radius 2 is 2.06 bits per heavy atom. The Kier molecular flexibility index (Phi) is 2.53. The van der Waals surface area contributed by atoms with Gasteiger partial charge in [0.1, 0.15) is 11.4 Å². The lowest BCUT2D eigenvalue weighted by Gasteiger charge is -2.38. The number of carboxylic acid groups (broad SMARTS) is 1. The highest BCUT2D eigenvalue weighted by molar-refractivity contribution is 5.99. The van der Waals surface area contributed by atoms with Gasteiger partial charge >= 0.3 is 5.97 Å². The summed E-state index contributed by atoms with van der Waals surface area (Å²) < 4.78 is 1.56. The number of nitrogens with zero attached hydrogens (tertiary/aromatic N) is 3. The van der Waals surface area contributed by atoms with Crippen LogP contribution in [0.3, 0.4) is 0 Å². The summed E-state index contributed by atoms with van der Waals surface area (Å²) in [5.41, 5.74) is 6.24. The second-order valence-corrected chi connectivity index (χ2v) is 4.21. The van der Waals surface area contributed by atoms with E-state index in [-0.39, 0.29) is 5.92 Å². The van der Waals surface area contributed by atoms with Crippen LogP contribution in [0.15, 0.2) is 0 Å². The first kappa shape index (κ1) is 11.4. The Hall–Kier alpha value is -2.05. The first-order chi connectivity index (χ1) is 7.91. The zero-order valence-electron chi connectivity index (χ0n) is 9.67. The molecule has 0 saturated carbocycles. The lowest BCUT2D eigenvalue weighted by molar-refractivity contribution is -0.142. The number of hydrogen-bond acceptors (Lipinski definition) is 4. The average molecular weight is 238 g/mol. The number of hydrogen-bond donors (Lipinski definition) is 2. The molecule has 0 spiro atoms. The average Bonchev–Trinajstić information content (AvgIpc) is 2.38. The van der Waals surface area contributed by atoms with E-state index in [1.165, 1.54) is 0 Å². The number of aliphatic carboxylic acids is 1. The molecule has 1 amide bonds. The molecule has 2 heterocycles. The van der Waals surface area contributed by atoms with Gasteiger partial charge in [0.25, 0.3) is 5.91 Å². The summed E-state index contributed by atoms with van der Waals surface area (Å²) in [6.45, 7) is 2.47. The third kappa shape index (κ3) is 1.73. The van der Waals surface area contributed by atoms with Crippen molar-refractivity contribution >= 4 is 17.7 Å². The molecule has 7 heteroatoms. The molecule has 2 rings (SSSR count). The topological polar surface area (TPSA) is 101 Å². The van der Waals surface area contributed by atoms with E-state index < -0.39 is 11.9 Å². The third-order valence-electron chi connectivity index (χ3n) is 2.97. The zero-order chi connectivity index (χ0) is 12.7. The monoisotopic (exact) mass is 238 g/mol. The molecular weight excluding hydrogens is 224 g/mol. The zero-order valence-corrected chi connectivity index (χ0v) is 9.67. The summed E-state index contributed by atoms with van der Waals surface area (Å²) in [5.74, 6) is -1.14. The first-order valence-corrected chi connectivity index (χ1v) is 5.23. The second kappa shape index (κ2) is 3.76. The molecule has 0 aromatic carbocycles. The molecule has 3 N–H and O–H groups in total. The van der Waals surface area contributed by atoms with E-state index in [4.69, 9.17) is 10.8 Å². The van der Waals surface area contributed by atoms with Gasteiger partial charge in [0.15, 0.2) is 0 Å². The predicted molar refractivity (Wildman–Crippen MR) is 59.8 cm³/mol. The van der Waals surface area contributed by atoms with E-state index in [1.807, 2.05) is 0 Å². The Morgan fingerprint density at radius 3 is 2.53 bits per heavy atom. The summed E-state index contributed by atoms with van der Waals surface area (Å²) in [4.78, 5) is 23.9. The van der Waals surface area contributed by atoms with Crippen molar-refractivity contribution in [3.8, 4) is 0 Å². The van der Waals surface area contributed by atoms with E-state index in [1.54, 1.807) is 23.6 Å². The van der Waals surface area contributed by atoms with Crippen molar-refractivity contribution in [3.63, 3.8) is 0 Å². The van der Waals surface area contributed by atoms with Crippen LogP contribution in [-0.2, 0) is 11.8 Å². The van der Waals surface area contributed by atoms with Crippen LogP contribution in [-0.4, -0.2) is 39.9 Å². The molecule has 1 fully saturated rings. The van der Waals surface area contributed by atoms with Crippen molar-refractivity contribution in [3.05, 3.63) is 11.3 Å². The number of aryl methyl sites for hydroxylation is 2. The highest BCUT2D eigenvalue weighted by Gasteiger charge is 2.36. The standard InChI is InChI=1S/C10H14N4O3/c1-5-7(8(11)15)9(13(2)12-5)14-3-6(4-14)10(16)17/h6H,3-4H2,1-2H3,(H2,11,15)(H,16,17). The maximum atomic E-state index is 11.3. The Balaban J connectivity index is 2.28. The summed E-state index contributed by atoms with van der Waals surface area (Å²) in [5, 5.41) is 12.9. The number of carbonyl (C=O) groups is 2. The van der Waals surface area contributed by atoms with Crippen molar-refractivity contribution in [1.29, 1.82) is 0 Å². The summed E-state index contributed by atoms with van der Waals surface area (Å²) in [7, 11) is 1.71. The fraction of sp³-hybridized carbons (Fsp3) is 0.500. The number of aromatic nitrogens is 2. The molecule has 7 nitrogen and oxygen atoms in total. The fourth-order valence-electron chi connectivity index (χ4n) is 2.10. The number of carbonyl (C=O) groups excluding carboxylic acids is 1. The van der Waals surface area contributed by atoms with E-state index in [2.05, 4.69) is 5.10 Å². The van der Waals surface area contributed by atoms with E-state index in [9.17, 15) is 9.59 Å². The van der Waals surface area contributed by atoms with Gasteiger partial charge in [-0.05, 0) is 6.92 Å². The molecule has 17 heavy (non-hydrogen) atoms. The maximum Gasteiger partial charge on any atom is 0.310 e. The molecule has 0 bridgehead atoms. The second-order valence-electron chi connectivity index (χ2n) is 4.21. The first-order valence-electron chi connectivity index (χ1n) is 5.23.